The van der Waals surface area contributed by atoms with Crippen molar-refractivity contribution in [2.24, 2.45) is 11.7 Å². The number of rotatable bonds is 4. The number of nitrogens with zero attached hydrogens (tertiary/aromatic N) is 1. The van der Waals surface area contributed by atoms with E-state index < -0.39 is 0 Å². The lowest BCUT2D eigenvalue weighted by Gasteiger charge is -2.37. The molecule has 1 saturated carbocycles. The Labute approximate surface area is 117 Å². The van der Waals surface area contributed by atoms with Crippen molar-refractivity contribution in [2.45, 2.75) is 44.6 Å². The van der Waals surface area contributed by atoms with Crippen LogP contribution >= 0.6 is 0 Å². The van der Waals surface area contributed by atoms with E-state index in [4.69, 9.17) is 5.73 Å². The Kier molecular flexibility index (Phi) is 3.90. The first kappa shape index (κ1) is 13.1. The SMILES string of the molecule is CC1CCCN(C(CN)c2ccc(C3CC3)cc2)C1. The van der Waals surface area contributed by atoms with Crippen LogP contribution in [0.25, 0.3) is 0 Å². The molecular formula is C17H26N2. The van der Waals surface area contributed by atoms with Gasteiger partial charge in [0.25, 0.3) is 0 Å². The number of benzene rings is 1. The molecule has 2 N–H and O–H groups in total. The predicted molar refractivity (Wildman–Crippen MR) is 80.2 cm³/mol. The van der Waals surface area contributed by atoms with E-state index in [1.54, 1.807) is 0 Å². The minimum atomic E-state index is 0.413. The lowest BCUT2D eigenvalue weighted by molar-refractivity contribution is 0.133. The van der Waals surface area contributed by atoms with Gasteiger partial charge >= 0.3 is 0 Å². The van der Waals surface area contributed by atoms with Crippen molar-refractivity contribution in [2.75, 3.05) is 19.6 Å². The van der Waals surface area contributed by atoms with E-state index in [9.17, 15) is 0 Å². The van der Waals surface area contributed by atoms with Crippen molar-refractivity contribution in [3.8, 4) is 0 Å². The van der Waals surface area contributed by atoms with Gasteiger partial charge in [0, 0.05) is 19.1 Å². The zero-order valence-electron chi connectivity index (χ0n) is 12.0. The molecule has 3 rings (SSSR count). The van der Waals surface area contributed by atoms with Gasteiger partial charge in [0.15, 0.2) is 0 Å². The van der Waals surface area contributed by atoms with Gasteiger partial charge in [0.2, 0.25) is 0 Å². The smallest absolute Gasteiger partial charge is 0.0470 e. The molecule has 2 aliphatic rings. The number of hydrogen-bond acceptors (Lipinski definition) is 2. The van der Waals surface area contributed by atoms with E-state index >= 15 is 0 Å². The van der Waals surface area contributed by atoms with Gasteiger partial charge in [-0.2, -0.15) is 0 Å². The molecule has 1 saturated heterocycles. The highest BCUT2D eigenvalue weighted by atomic mass is 15.2. The molecule has 1 heterocycles. The molecule has 2 heteroatoms. The second kappa shape index (κ2) is 5.64. The molecule has 1 aromatic carbocycles. The Morgan fingerprint density at radius 3 is 2.53 bits per heavy atom. The summed E-state index contributed by atoms with van der Waals surface area (Å²) < 4.78 is 0. The van der Waals surface area contributed by atoms with Crippen LogP contribution in [0.5, 0.6) is 0 Å². The van der Waals surface area contributed by atoms with Crippen LogP contribution in [-0.4, -0.2) is 24.5 Å². The van der Waals surface area contributed by atoms with Crippen molar-refractivity contribution in [3.63, 3.8) is 0 Å². The van der Waals surface area contributed by atoms with Crippen LogP contribution in [-0.2, 0) is 0 Å². The summed E-state index contributed by atoms with van der Waals surface area (Å²) in [6, 6.07) is 9.68. The van der Waals surface area contributed by atoms with E-state index in [1.165, 1.54) is 49.9 Å². The molecule has 2 nitrogen and oxygen atoms in total. The lowest BCUT2D eigenvalue weighted by Crippen LogP contribution is -2.40. The topological polar surface area (TPSA) is 29.3 Å². The molecule has 0 radical (unpaired) electrons. The summed E-state index contributed by atoms with van der Waals surface area (Å²) in [7, 11) is 0. The molecule has 19 heavy (non-hydrogen) atoms. The first-order valence-corrected chi connectivity index (χ1v) is 7.82. The Balaban J connectivity index is 1.73. The highest BCUT2D eigenvalue weighted by Gasteiger charge is 2.26. The van der Waals surface area contributed by atoms with Gasteiger partial charge in [0.05, 0.1) is 0 Å². The Morgan fingerprint density at radius 1 is 1.21 bits per heavy atom. The van der Waals surface area contributed by atoms with Crippen molar-refractivity contribution in [1.82, 2.24) is 4.90 Å². The fourth-order valence-corrected chi connectivity index (χ4v) is 3.41. The molecule has 0 bridgehead atoms. The van der Waals surface area contributed by atoms with E-state index in [2.05, 4.69) is 36.1 Å². The first-order valence-electron chi connectivity index (χ1n) is 7.82. The maximum Gasteiger partial charge on any atom is 0.0470 e. The highest BCUT2D eigenvalue weighted by Crippen LogP contribution is 2.40. The normalized spacial score (nSPS) is 26.3. The number of piperidine rings is 1. The Morgan fingerprint density at radius 2 is 1.95 bits per heavy atom. The van der Waals surface area contributed by atoms with E-state index in [0.717, 1.165) is 18.4 Å². The third kappa shape index (κ3) is 3.01. The fraction of sp³-hybridized carbons (Fsp3) is 0.647. The molecule has 104 valence electrons. The van der Waals surface area contributed by atoms with Crippen LogP contribution in [0, 0.1) is 5.92 Å². The third-order valence-corrected chi connectivity index (χ3v) is 4.72. The summed E-state index contributed by atoms with van der Waals surface area (Å²) in [6.45, 7) is 5.49. The van der Waals surface area contributed by atoms with Gasteiger partial charge in [-0.1, -0.05) is 31.2 Å². The largest absolute Gasteiger partial charge is 0.329 e. The molecule has 2 fully saturated rings. The summed E-state index contributed by atoms with van der Waals surface area (Å²) >= 11 is 0. The first-order chi connectivity index (χ1) is 9.28. The molecule has 1 aliphatic heterocycles. The van der Waals surface area contributed by atoms with Crippen LogP contribution < -0.4 is 5.73 Å². The molecule has 1 aromatic rings. The molecule has 2 unspecified atom stereocenters. The summed E-state index contributed by atoms with van der Waals surface area (Å²) in [5.74, 6) is 1.66. The number of hydrogen-bond donors (Lipinski definition) is 1. The van der Waals surface area contributed by atoms with Gasteiger partial charge in [-0.3, -0.25) is 4.90 Å². The van der Waals surface area contributed by atoms with Crippen molar-refractivity contribution < 1.29 is 0 Å². The van der Waals surface area contributed by atoms with Crippen molar-refractivity contribution in [1.29, 1.82) is 0 Å². The van der Waals surface area contributed by atoms with Gasteiger partial charge in [-0.05, 0) is 55.2 Å². The minimum absolute atomic E-state index is 0.413. The van der Waals surface area contributed by atoms with Crippen LogP contribution in [0.1, 0.15) is 55.7 Å². The van der Waals surface area contributed by atoms with Crippen molar-refractivity contribution >= 4 is 0 Å². The lowest BCUT2D eigenvalue weighted by atomic mass is 9.95. The van der Waals surface area contributed by atoms with Crippen LogP contribution in [0.3, 0.4) is 0 Å². The van der Waals surface area contributed by atoms with Crippen molar-refractivity contribution in [3.05, 3.63) is 35.4 Å². The van der Waals surface area contributed by atoms with Crippen LogP contribution in [0.4, 0.5) is 0 Å². The summed E-state index contributed by atoms with van der Waals surface area (Å²) in [5.41, 5.74) is 8.97. The van der Waals surface area contributed by atoms with E-state index in [-0.39, 0.29) is 0 Å². The highest BCUT2D eigenvalue weighted by molar-refractivity contribution is 5.30. The minimum Gasteiger partial charge on any atom is -0.329 e. The molecule has 0 spiro atoms. The van der Waals surface area contributed by atoms with E-state index in [1.807, 2.05) is 0 Å². The summed E-state index contributed by atoms with van der Waals surface area (Å²) in [4.78, 5) is 2.58. The molecular weight excluding hydrogens is 232 g/mol. The van der Waals surface area contributed by atoms with Crippen LogP contribution in [0.2, 0.25) is 0 Å². The van der Waals surface area contributed by atoms with Gasteiger partial charge in [-0.15, -0.1) is 0 Å². The molecule has 0 amide bonds. The zero-order valence-corrected chi connectivity index (χ0v) is 12.0. The predicted octanol–water partition coefficient (Wildman–Crippen LogP) is 3.30. The average Bonchev–Trinajstić information content (AvgIpc) is 3.25. The van der Waals surface area contributed by atoms with E-state index in [0.29, 0.717) is 6.04 Å². The number of likely N-dealkylation sites (tertiary alicyclic amines) is 1. The van der Waals surface area contributed by atoms with Gasteiger partial charge < -0.3 is 5.73 Å². The monoisotopic (exact) mass is 258 g/mol. The fourth-order valence-electron chi connectivity index (χ4n) is 3.41. The standard InChI is InChI=1S/C17H26N2/c1-13-3-2-10-19(12-13)17(11-18)16-8-6-15(7-9-16)14-4-5-14/h6-9,13-14,17H,2-5,10-12,18H2,1H3. The summed E-state index contributed by atoms with van der Waals surface area (Å²) in [5, 5.41) is 0. The average molecular weight is 258 g/mol. The zero-order chi connectivity index (χ0) is 13.2. The third-order valence-electron chi connectivity index (χ3n) is 4.72. The maximum atomic E-state index is 6.05. The quantitative estimate of drug-likeness (QED) is 0.898. The second-order valence-corrected chi connectivity index (χ2v) is 6.43. The maximum absolute atomic E-state index is 6.05. The molecule has 2 atom stereocenters. The van der Waals surface area contributed by atoms with Gasteiger partial charge in [-0.25, -0.2) is 0 Å². The second-order valence-electron chi connectivity index (χ2n) is 6.43. The van der Waals surface area contributed by atoms with Gasteiger partial charge in [0.1, 0.15) is 0 Å². The molecule has 1 aliphatic carbocycles. The summed E-state index contributed by atoms with van der Waals surface area (Å²) in [6.07, 6.45) is 5.44. The number of nitrogens with two attached hydrogens (primary N) is 1. The van der Waals surface area contributed by atoms with Crippen LogP contribution in [0.15, 0.2) is 24.3 Å². The Bertz CT molecular complexity index is 408. The molecule has 0 aromatic heterocycles. The Hall–Kier alpha value is -0.860.